The van der Waals surface area contributed by atoms with Gasteiger partial charge in [-0.25, -0.2) is 4.79 Å². The minimum absolute atomic E-state index is 0.112. The van der Waals surface area contributed by atoms with E-state index in [0.717, 1.165) is 38.2 Å². The van der Waals surface area contributed by atoms with Gasteiger partial charge in [-0.05, 0) is 50.6 Å². The quantitative estimate of drug-likeness (QED) is 0.925. The van der Waals surface area contributed by atoms with Crippen LogP contribution in [-0.2, 0) is 11.2 Å². The molecule has 0 bridgehead atoms. The van der Waals surface area contributed by atoms with Crippen LogP contribution in [-0.4, -0.2) is 60.0 Å². The van der Waals surface area contributed by atoms with Crippen LogP contribution in [0.25, 0.3) is 0 Å². The average Bonchev–Trinajstić information content (AvgIpc) is 2.87. The molecule has 3 rings (SSSR count). The lowest BCUT2D eigenvalue weighted by Crippen LogP contribution is -2.47. The number of aromatic carboxylic acids is 1. The number of likely N-dealkylation sites (tertiary alicyclic amines) is 2. The van der Waals surface area contributed by atoms with Gasteiger partial charge in [0.2, 0.25) is 5.91 Å². The first kappa shape index (κ1) is 16.0. The van der Waals surface area contributed by atoms with Crippen molar-refractivity contribution in [3.63, 3.8) is 0 Å². The highest BCUT2D eigenvalue weighted by Crippen LogP contribution is 2.38. The van der Waals surface area contributed by atoms with Gasteiger partial charge in [0, 0.05) is 25.0 Å². The zero-order valence-corrected chi connectivity index (χ0v) is 13.6. The maximum atomic E-state index is 12.6. The Morgan fingerprint density at radius 1 is 1.22 bits per heavy atom. The molecule has 0 radical (unpaired) electrons. The molecule has 2 fully saturated rings. The van der Waals surface area contributed by atoms with Gasteiger partial charge >= 0.3 is 5.97 Å². The molecule has 2 aliphatic heterocycles. The van der Waals surface area contributed by atoms with Gasteiger partial charge in [-0.1, -0.05) is 12.1 Å². The summed E-state index contributed by atoms with van der Waals surface area (Å²) in [7, 11) is 2.15. The van der Waals surface area contributed by atoms with Crippen LogP contribution >= 0.6 is 0 Å². The van der Waals surface area contributed by atoms with Crippen molar-refractivity contribution in [3.05, 3.63) is 35.4 Å². The Labute approximate surface area is 136 Å². The van der Waals surface area contributed by atoms with E-state index in [-0.39, 0.29) is 23.3 Å². The number of carboxylic acids is 1. The summed E-state index contributed by atoms with van der Waals surface area (Å²) < 4.78 is 0. The fourth-order valence-electron chi connectivity index (χ4n) is 4.01. The second-order valence-corrected chi connectivity index (χ2v) is 7.09. The molecule has 1 atom stereocenters. The number of hydrogen-bond acceptors (Lipinski definition) is 3. The standard InChI is InChI=1S/C18H24N2O3/c1-19-9-7-18(12-19)6-3-8-20(13-18)16(21)11-14-4-2-5-15(10-14)17(22)23/h2,4-5,10H,3,6-9,11-13H2,1H3,(H,22,23). The van der Waals surface area contributed by atoms with Gasteiger partial charge in [0.25, 0.3) is 0 Å². The Hall–Kier alpha value is -1.88. The molecule has 5 nitrogen and oxygen atoms in total. The Kier molecular flexibility index (Phi) is 4.39. The van der Waals surface area contributed by atoms with Crippen LogP contribution in [0.15, 0.2) is 24.3 Å². The lowest BCUT2D eigenvalue weighted by atomic mass is 9.79. The number of carbonyl (C=O) groups excluding carboxylic acids is 1. The number of rotatable bonds is 3. The summed E-state index contributed by atoms with van der Waals surface area (Å²) in [5.41, 5.74) is 1.28. The Morgan fingerprint density at radius 3 is 2.74 bits per heavy atom. The minimum Gasteiger partial charge on any atom is -0.478 e. The molecule has 1 spiro atoms. The molecule has 1 aromatic carbocycles. The van der Waals surface area contributed by atoms with Crippen LogP contribution in [0.4, 0.5) is 0 Å². The molecule has 2 heterocycles. The summed E-state index contributed by atoms with van der Waals surface area (Å²) in [5, 5.41) is 9.06. The topological polar surface area (TPSA) is 60.9 Å². The molecular weight excluding hydrogens is 292 g/mol. The predicted octanol–water partition coefficient (Wildman–Crippen LogP) is 1.87. The SMILES string of the molecule is CN1CCC2(CCCN(C(=O)Cc3cccc(C(=O)O)c3)C2)C1. The molecule has 1 amide bonds. The number of carboxylic acid groups (broad SMARTS) is 1. The summed E-state index contributed by atoms with van der Waals surface area (Å²) in [6.45, 7) is 3.85. The van der Waals surface area contributed by atoms with E-state index in [2.05, 4.69) is 11.9 Å². The predicted molar refractivity (Wildman–Crippen MR) is 87.5 cm³/mol. The van der Waals surface area contributed by atoms with Crippen LogP contribution in [0.2, 0.25) is 0 Å². The molecule has 1 unspecified atom stereocenters. The molecule has 5 heteroatoms. The lowest BCUT2D eigenvalue weighted by Gasteiger charge is -2.40. The van der Waals surface area contributed by atoms with E-state index in [0.29, 0.717) is 0 Å². The zero-order chi connectivity index (χ0) is 16.4. The highest BCUT2D eigenvalue weighted by atomic mass is 16.4. The summed E-state index contributed by atoms with van der Waals surface area (Å²) in [6, 6.07) is 6.69. The number of nitrogens with zero attached hydrogens (tertiary/aromatic N) is 2. The summed E-state index contributed by atoms with van der Waals surface area (Å²) in [4.78, 5) is 28.0. The van der Waals surface area contributed by atoms with Crippen molar-refractivity contribution >= 4 is 11.9 Å². The molecule has 124 valence electrons. The molecule has 2 saturated heterocycles. The normalized spacial score (nSPS) is 25.0. The molecule has 23 heavy (non-hydrogen) atoms. The van der Waals surface area contributed by atoms with Crippen LogP contribution < -0.4 is 0 Å². The summed E-state index contributed by atoms with van der Waals surface area (Å²) in [6.07, 6.45) is 3.72. The summed E-state index contributed by atoms with van der Waals surface area (Å²) >= 11 is 0. The fraction of sp³-hybridized carbons (Fsp3) is 0.556. The van der Waals surface area contributed by atoms with Crippen LogP contribution in [0.5, 0.6) is 0 Å². The molecule has 0 aliphatic carbocycles. The van der Waals surface area contributed by atoms with Gasteiger partial charge in [-0.3, -0.25) is 4.79 Å². The average molecular weight is 316 g/mol. The van der Waals surface area contributed by atoms with E-state index in [4.69, 9.17) is 5.11 Å². The van der Waals surface area contributed by atoms with Crippen molar-refractivity contribution in [3.8, 4) is 0 Å². The maximum absolute atomic E-state index is 12.6. The second kappa shape index (κ2) is 6.32. The fourth-order valence-corrected chi connectivity index (χ4v) is 4.01. The minimum atomic E-state index is -0.954. The Balaban J connectivity index is 1.66. The molecule has 1 aromatic rings. The van der Waals surface area contributed by atoms with E-state index >= 15 is 0 Å². The number of benzene rings is 1. The van der Waals surface area contributed by atoms with Gasteiger partial charge in [-0.15, -0.1) is 0 Å². The molecule has 0 aromatic heterocycles. The second-order valence-electron chi connectivity index (χ2n) is 7.09. The van der Waals surface area contributed by atoms with Gasteiger partial charge in [-0.2, -0.15) is 0 Å². The third kappa shape index (κ3) is 3.55. The maximum Gasteiger partial charge on any atom is 0.335 e. The van der Waals surface area contributed by atoms with Crippen molar-refractivity contribution in [1.82, 2.24) is 9.80 Å². The van der Waals surface area contributed by atoms with Gasteiger partial charge in [0.1, 0.15) is 0 Å². The van der Waals surface area contributed by atoms with Crippen LogP contribution in [0.1, 0.15) is 35.2 Å². The van der Waals surface area contributed by atoms with E-state index in [1.807, 2.05) is 11.0 Å². The Bertz CT molecular complexity index is 612. The number of carbonyl (C=O) groups is 2. The zero-order valence-electron chi connectivity index (χ0n) is 13.6. The Morgan fingerprint density at radius 2 is 2.04 bits per heavy atom. The van der Waals surface area contributed by atoms with Crippen molar-refractivity contribution in [2.45, 2.75) is 25.7 Å². The third-order valence-electron chi connectivity index (χ3n) is 5.17. The van der Waals surface area contributed by atoms with Gasteiger partial charge < -0.3 is 14.9 Å². The van der Waals surface area contributed by atoms with E-state index in [1.54, 1.807) is 18.2 Å². The highest BCUT2D eigenvalue weighted by molar-refractivity contribution is 5.88. The number of amides is 1. The third-order valence-corrected chi connectivity index (χ3v) is 5.17. The van der Waals surface area contributed by atoms with Gasteiger partial charge in [0.05, 0.1) is 12.0 Å². The van der Waals surface area contributed by atoms with Crippen molar-refractivity contribution < 1.29 is 14.7 Å². The van der Waals surface area contributed by atoms with E-state index in [9.17, 15) is 9.59 Å². The lowest BCUT2D eigenvalue weighted by molar-refractivity contribution is -0.133. The van der Waals surface area contributed by atoms with Gasteiger partial charge in [0.15, 0.2) is 0 Å². The molecule has 1 N–H and O–H groups in total. The first-order valence-electron chi connectivity index (χ1n) is 8.26. The highest BCUT2D eigenvalue weighted by Gasteiger charge is 2.41. The molecule has 2 aliphatic rings. The monoisotopic (exact) mass is 316 g/mol. The van der Waals surface area contributed by atoms with Crippen molar-refractivity contribution in [1.29, 1.82) is 0 Å². The van der Waals surface area contributed by atoms with E-state index < -0.39 is 5.97 Å². The smallest absolute Gasteiger partial charge is 0.335 e. The largest absolute Gasteiger partial charge is 0.478 e. The van der Waals surface area contributed by atoms with Crippen LogP contribution in [0, 0.1) is 5.41 Å². The first-order valence-corrected chi connectivity index (χ1v) is 8.26. The molecular formula is C18H24N2O3. The van der Waals surface area contributed by atoms with E-state index in [1.165, 1.54) is 12.8 Å². The molecule has 0 saturated carbocycles. The van der Waals surface area contributed by atoms with Crippen molar-refractivity contribution in [2.24, 2.45) is 5.41 Å². The first-order chi connectivity index (χ1) is 11.0. The number of piperidine rings is 1. The van der Waals surface area contributed by atoms with Crippen molar-refractivity contribution in [2.75, 3.05) is 33.2 Å². The summed E-state index contributed by atoms with van der Waals surface area (Å²) in [5.74, 6) is -0.841. The van der Waals surface area contributed by atoms with Crippen LogP contribution in [0.3, 0.4) is 0 Å². The number of hydrogen-bond donors (Lipinski definition) is 1.